The lowest BCUT2D eigenvalue weighted by atomic mass is 9.87. The van der Waals surface area contributed by atoms with Crippen LogP contribution < -0.4 is 11.1 Å². The maximum absolute atomic E-state index is 12.0. The van der Waals surface area contributed by atoms with Crippen LogP contribution >= 0.6 is 0 Å². The van der Waals surface area contributed by atoms with E-state index in [0.29, 0.717) is 5.69 Å². The first-order chi connectivity index (χ1) is 8.62. The molecule has 0 bridgehead atoms. The number of hydrogen-bond donors (Lipinski definition) is 2. The third-order valence-corrected chi connectivity index (χ3v) is 2.91. The van der Waals surface area contributed by atoms with Crippen LogP contribution in [0.15, 0.2) is 18.2 Å². The quantitative estimate of drug-likeness (QED) is 0.646. The number of carbonyl (C=O) groups is 1. The number of nitrogens with one attached hydrogen (secondary N) is 1. The Morgan fingerprint density at radius 2 is 2.00 bits per heavy atom. The Morgan fingerprint density at radius 3 is 2.47 bits per heavy atom. The lowest BCUT2D eigenvalue weighted by molar-refractivity contribution is -0.384. The molecule has 104 valence electrons. The van der Waals surface area contributed by atoms with Crippen LogP contribution in [0.25, 0.3) is 0 Å². The number of amides is 1. The molecule has 3 N–H and O–H groups in total. The van der Waals surface area contributed by atoms with Crippen molar-refractivity contribution in [3.05, 3.63) is 33.9 Å². The summed E-state index contributed by atoms with van der Waals surface area (Å²) >= 11 is 0. The molecule has 0 fully saturated rings. The summed E-state index contributed by atoms with van der Waals surface area (Å²) in [6, 6.07) is 3.64. The molecule has 0 radical (unpaired) electrons. The zero-order chi connectivity index (χ0) is 14.8. The van der Waals surface area contributed by atoms with Gasteiger partial charge in [0.15, 0.2) is 0 Å². The van der Waals surface area contributed by atoms with Crippen molar-refractivity contribution in [3.8, 4) is 0 Å². The second kappa shape index (κ2) is 5.36. The highest BCUT2D eigenvalue weighted by atomic mass is 16.6. The molecule has 1 amide bonds. The molecule has 0 aliphatic rings. The van der Waals surface area contributed by atoms with Gasteiger partial charge in [0.1, 0.15) is 0 Å². The van der Waals surface area contributed by atoms with Crippen LogP contribution in [0, 0.1) is 22.5 Å². The van der Waals surface area contributed by atoms with Gasteiger partial charge in [0.05, 0.1) is 16.7 Å². The fourth-order valence-corrected chi connectivity index (χ4v) is 1.46. The van der Waals surface area contributed by atoms with E-state index in [1.807, 2.05) is 20.8 Å². The number of aryl methyl sites for hydroxylation is 1. The average Bonchev–Trinajstić information content (AvgIpc) is 2.29. The van der Waals surface area contributed by atoms with Gasteiger partial charge in [-0.05, 0) is 17.9 Å². The maximum atomic E-state index is 12.0. The molecule has 1 aromatic rings. The number of benzene rings is 1. The van der Waals surface area contributed by atoms with Crippen molar-refractivity contribution in [2.75, 3.05) is 5.32 Å². The van der Waals surface area contributed by atoms with E-state index >= 15 is 0 Å². The second-order valence-electron chi connectivity index (χ2n) is 5.59. The number of hydrogen-bond acceptors (Lipinski definition) is 4. The highest BCUT2D eigenvalue weighted by molar-refractivity contribution is 5.96. The van der Waals surface area contributed by atoms with Crippen LogP contribution in [0.2, 0.25) is 0 Å². The van der Waals surface area contributed by atoms with Gasteiger partial charge in [-0.15, -0.1) is 0 Å². The Bertz CT molecular complexity index is 506. The van der Waals surface area contributed by atoms with E-state index in [4.69, 9.17) is 5.73 Å². The number of rotatable bonds is 3. The third-order valence-electron chi connectivity index (χ3n) is 2.91. The summed E-state index contributed by atoms with van der Waals surface area (Å²) in [5.74, 6) is -0.351. The average molecular weight is 265 g/mol. The Labute approximate surface area is 112 Å². The predicted octanol–water partition coefficient (Wildman–Crippen LogP) is 2.22. The molecule has 0 heterocycles. The maximum Gasteiger partial charge on any atom is 0.271 e. The van der Waals surface area contributed by atoms with E-state index < -0.39 is 11.0 Å². The van der Waals surface area contributed by atoms with Crippen molar-refractivity contribution in [1.29, 1.82) is 0 Å². The van der Waals surface area contributed by atoms with E-state index in [9.17, 15) is 14.9 Å². The third kappa shape index (κ3) is 3.75. The van der Waals surface area contributed by atoms with E-state index in [1.165, 1.54) is 12.1 Å². The number of anilines is 1. The summed E-state index contributed by atoms with van der Waals surface area (Å²) in [7, 11) is 0. The Kier molecular flexibility index (Phi) is 4.26. The molecule has 1 aromatic carbocycles. The van der Waals surface area contributed by atoms with Gasteiger partial charge in [0.25, 0.3) is 5.69 Å². The molecule has 6 heteroatoms. The van der Waals surface area contributed by atoms with Gasteiger partial charge >= 0.3 is 0 Å². The van der Waals surface area contributed by atoms with E-state index in [1.54, 1.807) is 13.0 Å². The van der Waals surface area contributed by atoms with Gasteiger partial charge in [-0.2, -0.15) is 0 Å². The number of nitrogens with two attached hydrogens (primary N) is 1. The highest BCUT2D eigenvalue weighted by Crippen LogP contribution is 2.24. The van der Waals surface area contributed by atoms with Crippen molar-refractivity contribution < 1.29 is 9.72 Å². The van der Waals surface area contributed by atoms with Gasteiger partial charge in [-0.25, -0.2) is 0 Å². The smallest absolute Gasteiger partial charge is 0.271 e. The molecule has 0 saturated carbocycles. The van der Waals surface area contributed by atoms with Crippen LogP contribution in [-0.4, -0.2) is 16.9 Å². The molecule has 0 unspecified atom stereocenters. The van der Waals surface area contributed by atoms with Crippen LogP contribution in [0.4, 0.5) is 11.4 Å². The molecule has 0 aromatic heterocycles. The number of non-ortho nitro benzene ring substituents is 1. The number of nitrogens with zero attached hydrogens (tertiary/aromatic N) is 1. The fraction of sp³-hybridized carbons (Fsp3) is 0.462. The van der Waals surface area contributed by atoms with Crippen molar-refractivity contribution in [3.63, 3.8) is 0 Å². The lowest BCUT2D eigenvalue weighted by Crippen LogP contribution is -2.45. The number of nitro benzene ring substituents is 1. The molecule has 6 nitrogen and oxygen atoms in total. The minimum Gasteiger partial charge on any atom is -0.324 e. The molecular formula is C13H19N3O3. The van der Waals surface area contributed by atoms with Crippen LogP contribution in [0.5, 0.6) is 0 Å². The summed E-state index contributed by atoms with van der Waals surface area (Å²) in [4.78, 5) is 22.2. The van der Waals surface area contributed by atoms with Crippen LogP contribution in [0.3, 0.4) is 0 Å². The molecule has 19 heavy (non-hydrogen) atoms. The molecule has 1 rings (SSSR count). The van der Waals surface area contributed by atoms with Gasteiger partial charge in [-0.3, -0.25) is 14.9 Å². The normalized spacial score (nSPS) is 12.9. The lowest BCUT2D eigenvalue weighted by Gasteiger charge is -2.26. The minimum absolute atomic E-state index is 0.0646. The van der Waals surface area contributed by atoms with Crippen molar-refractivity contribution in [2.45, 2.75) is 33.7 Å². The summed E-state index contributed by atoms with van der Waals surface area (Å²) in [6.45, 7) is 7.34. The Morgan fingerprint density at radius 1 is 1.42 bits per heavy atom. The number of nitro groups is 1. The predicted molar refractivity (Wildman–Crippen MR) is 73.9 cm³/mol. The molecule has 1 atom stereocenters. The molecule has 0 saturated heterocycles. The fourth-order valence-electron chi connectivity index (χ4n) is 1.46. The van der Waals surface area contributed by atoms with Crippen LogP contribution in [-0.2, 0) is 4.79 Å². The Balaban J connectivity index is 2.96. The van der Waals surface area contributed by atoms with Crippen LogP contribution in [0.1, 0.15) is 26.3 Å². The largest absolute Gasteiger partial charge is 0.324 e. The minimum atomic E-state index is -0.689. The number of carbonyl (C=O) groups excluding carboxylic acids is 1. The Hall–Kier alpha value is -1.95. The summed E-state index contributed by atoms with van der Waals surface area (Å²) < 4.78 is 0. The van der Waals surface area contributed by atoms with Gasteiger partial charge in [-0.1, -0.05) is 26.8 Å². The van der Waals surface area contributed by atoms with Crippen molar-refractivity contribution >= 4 is 17.3 Å². The topological polar surface area (TPSA) is 98.3 Å². The van der Waals surface area contributed by atoms with Gasteiger partial charge < -0.3 is 11.1 Å². The van der Waals surface area contributed by atoms with Crippen molar-refractivity contribution in [2.24, 2.45) is 11.1 Å². The summed E-state index contributed by atoms with van der Waals surface area (Å²) in [5.41, 5.74) is 6.57. The first-order valence-corrected chi connectivity index (χ1v) is 5.94. The molecule has 0 aliphatic heterocycles. The van der Waals surface area contributed by atoms with Crippen molar-refractivity contribution in [1.82, 2.24) is 0 Å². The van der Waals surface area contributed by atoms with Gasteiger partial charge in [0, 0.05) is 12.1 Å². The zero-order valence-corrected chi connectivity index (χ0v) is 11.6. The SMILES string of the molecule is Cc1ccc([N+](=O)[O-])cc1NC(=O)[C@@H](N)C(C)(C)C. The standard InChI is InChI=1S/C13H19N3O3/c1-8-5-6-9(16(18)19)7-10(8)15-12(17)11(14)13(2,3)4/h5-7,11H,14H2,1-4H3,(H,15,17)/t11-/m1/s1. The first kappa shape index (κ1) is 15.1. The zero-order valence-electron chi connectivity index (χ0n) is 11.6. The molecular weight excluding hydrogens is 246 g/mol. The first-order valence-electron chi connectivity index (χ1n) is 5.94. The van der Waals surface area contributed by atoms with E-state index in [0.717, 1.165) is 5.56 Å². The molecule has 0 aliphatic carbocycles. The second-order valence-corrected chi connectivity index (χ2v) is 5.59. The highest BCUT2D eigenvalue weighted by Gasteiger charge is 2.27. The summed E-state index contributed by atoms with van der Waals surface area (Å²) in [5, 5.41) is 13.4. The monoisotopic (exact) mass is 265 g/mol. The van der Waals surface area contributed by atoms with Gasteiger partial charge in [0.2, 0.25) is 5.91 Å². The molecule has 0 spiro atoms. The van der Waals surface area contributed by atoms with E-state index in [2.05, 4.69) is 5.32 Å². The summed E-state index contributed by atoms with van der Waals surface area (Å²) in [6.07, 6.45) is 0. The van der Waals surface area contributed by atoms with E-state index in [-0.39, 0.29) is 17.0 Å².